The molecule has 1 aromatic carbocycles. The average molecular weight is 294 g/mol. The zero-order valence-electron chi connectivity index (χ0n) is 12.3. The summed E-state index contributed by atoms with van der Waals surface area (Å²) in [5.41, 5.74) is 0.338. The summed E-state index contributed by atoms with van der Waals surface area (Å²) in [6.45, 7) is 5.45. The van der Waals surface area contributed by atoms with E-state index in [-0.39, 0.29) is 29.8 Å². The van der Waals surface area contributed by atoms with E-state index in [0.29, 0.717) is 25.1 Å². The van der Waals surface area contributed by atoms with Gasteiger partial charge in [0.1, 0.15) is 0 Å². The van der Waals surface area contributed by atoms with Crippen LogP contribution in [0.25, 0.3) is 0 Å². The Hall–Kier alpha value is -1.49. The molecule has 4 atom stereocenters. The highest BCUT2D eigenvalue weighted by atomic mass is 19.2. The summed E-state index contributed by atoms with van der Waals surface area (Å²) in [5, 5.41) is 3.38. The smallest absolute Gasteiger partial charge is 0.226 e. The molecular formula is C16H20F2N2O. The van der Waals surface area contributed by atoms with Gasteiger partial charge in [-0.05, 0) is 37.8 Å². The Bertz CT molecular complexity index is 553. The summed E-state index contributed by atoms with van der Waals surface area (Å²) in [7, 11) is 0. The number of nitrogens with zero attached hydrogens (tertiary/aromatic N) is 1. The first-order valence-electron chi connectivity index (χ1n) is 7.46. The molecular weight excluding hydrogens is 274 g/mol. The molecule has 0 aromatic heterocycles. The number of hydrogen-bond acceptors (Lipinski definition) is 2. The van der Waals surface area contributed by atoms with E-state index in [1.165, 1.54) is 6.07 Å². The number of halogens is 2. The Balaban J connectivity index is 1.70. The topological polar surface area (TPSA) is 32.3 Å². The molecule has 3 nitrogen and oxygen atoms in total. The van der Waals surface area contributed by atoms with E-state index in [0.717, 1.165) is 6.07 Å². The van der Waals surface area contributed by atoms with E-state index < -0.39 is 11.6 Å². The maximum absolute atomic E-state index is 13.8. The molecule has 0 spiro atoms. The van der Waals surface area contributed by atoms with Crippen LogP contribution in [-0.4, -0.2) is 36.0 Å². The normalized spacial score (nSPS) is 32.1. The lowest BCUT2D eigenvalue weighted by Crippen LogP contribution is -2.56. The second-order valence-electron chi connectivity index (χ2n) is 6.30. The molecule has 0 bridgehead atoms. The fraction of sp³-hybridized carbons (Fsp3) is 0.562. The zero-order chi connectivity index (χ0) is 15.1. The standard InChI is InChI=1S/C16H20F2N2O/c1-9-7-20(8-10(2)19-9)16(21)13-6-12(13)11-4-3-5-14(17)15(11)18/h3-5,9-10,12-13,19H,6-8H2,1-2H3/t9-,10-,12+,13-/m1/s1. The van der Waals surface area contributed by atoms with Crippen molar-refractivity contribution in [1.82, 2.24) is 10.2 Å². The molecule has 1 heterocycles. The highest BCUT2D eigenvalue weighted by molar-refractivity contribution is 5.83. The van der Waals surface area contributed by atoms with Crippen molar-refractivity contribution in [3.8, 4) is 0 Å². The van der Waals surface area contributed by atoms with Gasteiger partial charge in [0.2, 0.25) is 5.91 Å². The van der Waals surface area contributed by atoms with Crippen LogP contribution < -0.4 is 5.32 Å². The van der Waals surface area contributed by atoms with Gasteiger partial charge in [-0.15, -0.1) is 0 Å². The van der Waals surface area contributed by atoms with Gasteiger partial charge in [-0.2, -0.15) is 0 Å². The monoisotopic (exact) mass is 294 g/mol. The SMILES string of the molecule is C[C@@H]1CN(C(=O)[C@@H]2C[C@H]2c2cccc(F)c2F)C[C@@H](C)N1. The summed E-state index contributed by atoms with van der Waals surface area (Å²) < 4.78 is 27.1. The van der Waals surface area contributed by atoms with E-state index in [2.05, 4.69) is 5.32 Å². The summed E-state index contributed by atoms with van der Waals surface area (Å²) in [5.74, 6) is -1.94. The third-order valence-electron chi connectivity index (χ3n) is 4.36. The van der Waals surface area contributed by atoms with Gasteiger partial charge in [-0.3, -0.25) is 4.79 Å². The number of amides is 1. The number of carbonyl (C=O) groups is 1. The first-order valence-corrected chi connectivity index (χ1v) is 7.46. The Morgan fingerprint density at radius 3 is 2.57 bits per heavy atom. The molecule has 1 aliphatic heterocycles. The molecule has 2 fully saturated rings. The molecule has 3 rings (SSSR count). The second-order valence-corrected chi connectivity index (χ2v) is 6.30. The maximum atomic E-state index is 13.8. The molecule has 1 amide bonds. The van der Waals surface area contributed by atoms with E-state index in [9.17, 15) is 13.6 Å². The lowest BCUT2D eigenvalue weighted by atomic mass is 10.1. The fourth-order valence-corrected chi connectivity index (χ4v) is 3.36. The van der Waals surface area contributed by atoms with Gasteiger partial charge in [-0.1, -0.05) is 12.1 Å². The van der Waals surface area contributed by atoms with Gasteiger partial charge < -0.3 is 10.2 Å². The minimum Gasteiger partial charge on any atom is -0.339 e. The van der Waals surface area contributed by atoms with Crippen molar-refractivity contribution in [3.05, 3.63) is 35.4 Å². The third-order valence-corrected chi connectivity index (χ3v) is 4.36. The number of rotatable bonds is 2. The van der Waals surface area contributed by atoms with Crippen LogP contribution in [0.1, 0.15) is 31.7 Å². The first-order chi connectivity index (χ1) is 9.97. The molecule has 1 saturated carbocycles. The summed E-state index contributed by atoms with van der Waals surface area (Å²) >= 11 is 0. The van der Waals surface area contributed by atoms with Crippen molar-refractivity contribution in [3.63, 3.8) is 0 Å². The van der Waals surface area contributed by atoms with Crippen LogP contribution in [0.5, 0.6) is 0 Å². The minimum absolute atomic E-state index is 0.0730. The van der Waals surface area contributed by atoms with Gasteiger partial charge in [0.25, 0.3) is 0 Å². The Morgan fingerprint density at radius 1 is 1.24 bits per heavy atom. The van der Waals surface area contributed by atoms with Crippen molar-refractivity contribution in [1.29, 1.82) is 0 Å². The van der Waals surface area contributed by atoms with Gasteiger partial charge in [-0.25, -0.2) is 8.78 Å². The summed E-state index contributed by atoms with van der Waals surface area (Å²) in [4.78, 5) is 14.4. The number of hydrogen-bond donors (Lipinski definition) is 1. The lowest BCUT2D eigenvalue weighted by Gasteiger charge is -2.36. The van der Waals surface area contributed by atoms with Crippen LogP contribution in [0.2, 0.25) is 0 Å². The number of carbonyl (C=O) groups excluding carboxylic acids is 1. The van der Waals surface area contributed by atoms with Crippen LogP contribution >= 0.6 is 0 Å². The Morgan fingerprint density at radius 2 is 1.90 bits per heavy atom. The zero-order valence-corrected chi connectivity index (χ0v) is 12.3. The number of piperazine rings is 1. The molecule has 21 heavy (non-hydrogen) atoms. The van der Waals surface area contributed by atoms with Crippen molar-refractivity contribution in [2.75, 3.05) is 13.1 Å². The molecule has 1 N–H and O–H groups in total. The van der Waals surface area contributed by atoms with Crippen LogP contribution in [-0.2, 0) is 4.79 Å². The third kappa shape index (κ3) is 2.79. The van der Waals surface area contributed by atoms with E-state index in [1.54, 1.807) is 6.07 Å². The van der Waals surface area contributed by atoms with Crippen molar-refractivity contribution in [2.24, 2.45) is 5.92 Å². The van der Waals surface area contributed by atoms with Crippen molar-refractivity contribution in [2.45, 2.75) is 38.3 Å². The highest BCUT2D eigenvalue weighted by Crippen LogP contribution is 2.49. The van der Waals surface area contributed by atoms with Crippen molar-refractivity contribution < 1.29 is 13.6 Å². The first kappa shape index (κ1) is 14.4. The fourth-order valence-electron chi connectivity index (χ4n) is 3.36. The number of nitrogens with one attached hydrogen (secondary N) is 1. The number of benzene rings is 1. The van der Waals surface area contributed by atoms with Gasteiger partial charge >= 0.3 is 0 Å². The largest absolute Gasteiger partial charge is 0.339 e. The average Bonchev–Trinajstić information content (AvgIpc) is 3.20. The molecule has 1 saturated heterocycles. The molecule has 0 unspecified atom stereocenters. The quantitative estimate of drug-likeness (QED) is 0.907. The molecule has 5 heteroatoms. The summed E-state index contributed by atoms with van der Waals surface area (Å²) in [6.07, 6.45) is 0.617. The lowest BCUT2D eigenvalue weighted by molar-refractivity contribution is -0.134. The van der Waals surface area contributed by atoms with E-state index >= 15 is 0 Å². The van der Waals surface area contributed by atoms with Crippen LogP contribution in [0.4, 0.5) is 8.78 Å². The van der Waals surface area contributed by atoms with Gasteiger partial charge in [0.15, 0.2) is 11.6 Å². The molecule has 114 valence electrons. The predicted molar refractivity (Wildman–Crippen MR) is 75.8 cm³/mol. The van der Waals surface area contributed by atoms with Crippen LogP contribution in [0.15, 0.2) is 18.2 Å². The van der Waals surface area contributed by atoms with Gasteiger partial charge in [0, 0.05) is 31.1 Å². The molecule has 2 aliphatic rings. The highest BCUT2D eigenvalue weighted by Gasteiger charge is 2.47. The second kappa shape index (κ2) is 5.37. The summed E-state index contributed by atoms with van der Waals surface area (Å²) in [6, 6.07) is 4.72. The molecule has 0 radical (unpaired) electrons. The molecule has 1 aliphatic carbocycles. The Kier molecular flexibility index (Phi) is 3.69. The van der Waals surface area contributed by atoms with E-state index in [4.69, 9.17) is 0 Å². The van der Waals surface area contributed by atoms with E-state index in [1.807, 2.05) is 18.7 Å². The predicted octanol–water partition coefficient (Wildman–Crippen LogP) is 2.28. The minimum atomic E-state index is -0.838. The van der Waals surface area contributed by atoms with Crippen LogP contribution in [0.3, 0.4) is 0 Å². The van der Waals surface area contributed by atoms with Crippen molar-refractivity contribution >= 4 is 5.91 Å². The Labute approximate surface area is 123 Å². The molecule has 1 aromatic rings. The van der Waals surface area contributed by atoms with Crippen LogP contribution in [0, 0.1) is 17.6 Å². The van der Waals surface area contributed by atoms with Gasteiger partial charge in [0.05, 0.1) is 0 Å². The maximum Gasteiger partial charge on any atom is 0.226 e.